The zero-order valence-electron chi connectivity index (χ0n) is 13.7. The number of carbonyl (C=O) groups is 3. The first-order chi connectivity index (χ1) is 12.5. The number of nitrogen functional groups attached to an aromatic ring is 2. The van der Waals surface area contributed by atoms with Gasteiger partial charge in [0.25, 0.3) is 0 Å². The molecule has 4 rings (SSSR count). The van der Waals surface area contributed by atoms with E-state index in [9.17, 15) is 14.4 Å². The van der Waals surface area contributed by atoms with E-state index >= 15 is 0 Å². The molecule has 0 atom stereocenters. The minimum atomic E-state index is -0.401. The monoisotopic (exact) mass is 342 g/mol. The average molecular weight is 342 g/mol. The summed E-state index contributed by atoms with van der Waals surface area (Å²) >= 11 is 0. The quantitative estimate of drug-likeness (QED) is 0.431. The minimum Gasteiger partial charge on any atom is -0.398 e. The number of fused-ring (bicyclic) bond motifs is 2. The van der Waals surface area contributed by atoms with Gasteiger partial charge in [-0.05, 0) is 18.2 Å². The molecule has 0 heterocycles. The van der Waals surface area contributed by atoms with E-state index in [1.54, 1.807) is 48.5 Å². The molecule has 4 N–H and O–H groups in total. The van der Waals surface area contributed by atoms with E-state index in [-0.39, 0.29) is 50.8 Å². The van der Waals surface area contributed by atoms with Gasteiger partial charge in [-0.15, -0.1) is 0 Å². The van der Waals surface area contributed by atoms with Crippen LogP contribution in [0.15, 0.2) is 60.7 Å². The Bertz CT molecular complexity index is 1100. The van der Waals surface area contributed by atoms with Gasteiger partial charge in [0.05, 0.1) is 16.8 Å². The van der Waals surface area contributed by atoms with Crippen molar-refractivity contribution in [1.82, 2.24) is 0 Å². The van der Waals surface area contributed by atoms with E-state index in [1.807, 2.05) is 0 Å². The van der Waals surface area contributed by atoms with Gasteiger partial charge in [-0.25, -0.2) is 0 Å². The van der Waals surface area contributed by atoms with Crippen molar-refractivity contribution < 1.29 is 14.4 Å². The van der Waals surface area contributed by atoms with E-state index in [0.29, 0.717) is 5.56 Å². The largest absolute Gasteiger partial charge is 0.398 e. The molecule has 0 bridgehead atoms. The number of hydrogen-bond acceptors (Lipinski definition) is 5. The van der Waals surface area contributed by atoms with Crippen LogP contribution in [-0.2, 0) is 0 Å². The van der Waals surface area contributed by atoms with Crippen LogP contribution in [0.1, 0.15) is 47.8 Å². The Labute approximate surface area is 149 Å². The minimum absolute atomic E-state index is 0.0165. The second-order valence-electron chi connectivity index (χ2n) is 6.07. The molecule has 0 saturated carbocycles. The molecule has 26 heavy (non-hydrogen) atoms. The number of ketones is 3. The zero-order valence-corrected chi connectivity index (χ0v) is 13.7. The van der Waals surface area contributed by atoms with Gasteiger partial charge in [-0.3, -0.25) is 14.4 Å². The van der Waals surface area contributed by atoms with Crippen molar-refractivity contribution >= 4 is 28.7 Å². The van der Waals surface area contributed by atoms with E-state index in [1.165, 1.54) is 12.1 Å². The van der Waals surface area contributed by atoms with Gasteiger partial charge in [-0.1, -0.05) is 42.5 Å². The Hall–Kier alpha value is -3.73. The van der Waals surface area contributed by atoms with E-state index in [0.717, 1.165) is 0 Å². The average Bonchev–Trinajstić information content (AvgIpc) is 2.66. The fourth-order valence-corrected chi connectivity index (χ4v) is 3.28. The Morgan fingerprint density at radius 2 is 1.35 bits per heavy atom. The lowest BCUT2D eigenvalue weighted by Crippen LogP contribution is -2.24. The summed E-state index contributed by atoms with van der Waals surface area (Å²) in [4.78, 5) is 38.5. The lowest BCUT2D eigenvalue weighted by molar-refractivity contribution is 0.0979. The molecule has 0 aromatic heterocycles. The van der Waals surface area contributed by atoms with Gasteiger partial charge in [0, 0.05) is 27.9 Å². The van der Waals surface area contributed by atoms with Crippen molar-refractivity contribution in [1.29, 1.82) is 0 Å². The molecular formula is C21H14N2O3. The van der Waals surface area contributed by atoms with Crippen LogP contribution in [-0.4, -0.2) is 17.3 Å². The second kappa shape index (κ2) is 5.67. The van der Waals surface area contributed by atoms with E-state index in [4.69, 9.17) is 11.5 Å². The first-order valence-corrected chi connectivity index (χ1v) is 8.01. The highest BCUT2D eigenvalue weighted by Crippen LogP contribution is 2.35. The molecule has 0 aliphatic heterocycles. The van der Waals surface area contributed by atoms with Crippen LogP contribution in [0.2, 0.25) is 0 Å². The van der Waals surface area contributed by atoms with Crippen LogP contribution >= 0.6 is 0 Å². The van der Waals surface area contributed by atoms with Gasteiger partial charge >= 0.3 is 0 Å². The highest BCUT2D eigenvalue weighted by molar-refractivity contribution is 6.32. The topological polar surface area (TPSA) is 103 Å². The van der Waals surface area contributed by atoms with E-state index in [2.05, 4.69) is 0 Å². The Balaban J connectivity index is 1.91. The third-order valence-electron chi connectivity index (χ3n) is 4.57. The molecule has 1 aliphatic carbocycles. The number of nitrogens with two attached hydrogens (primary N) is 2. The van der Waals surface area contributed by atoms with Gasteiger partial charge in [-0.2, -0.15) is 0 Å². The van der Waals surface area contributed by atoms with Crippen molar-refractivity contribution in [3.05, 3.63) is 94.0 Å². The Morgan fingerprint density at radius 3 is 2.08 bits per heavy atom. The Morgan fingerprint density at radius 1 is 0.692 bits per heavy atom. The summed E-state index contributed by atoms with van der Waals surface area (Å²) < 4.78 is 0. The molecule has 3 aromatic rings. The number of rotatable bonds is 2. The first kappa shape index (κ1) is 15.8. The predicted octanol–water partition coefficient (Wildman–Crippen LogP) is 2.86. The molecular weight excluding hydrogens is 328 g/mol. The molecule has 0 fully saturated rings. The van der Waals surface area contributed by atoms with Crippen molar-refractivity contribution in [2.45, 2.75) is 0 Å². The number of hydrogen-bond donors (Lipinski definition) is 2. The molecule has 0 amide bonds. The molecule has 0 spiro atoms. The summed E-state index contributed by atoms with van der Waals surface area (Å²) in [6, 6.07) is 16.3. The molecule has 5 nitrogen and oxygen atoms in total. The first-order valence-electron chi connectivity index (χ1n) is 8.01. The number of benzene rings is 3. The second-order valence-corrected chi connectivity index (χ2v) is 6.07. The van der Waals surface area contributed by atoms with Crippen LogP contribution in [0.3, 0.4) is 0 Å². The molecule has 126 valence electrons. The molecule has 0 radical (unpaired) electrons. The maximum atomic E-state index is 12.9. The van der Waals surface area contributed by atoms with Gasteiger partial charge in [0.2, 0.25) is 0 Å². The van der Waals surface area contributed by atoms with Crippen LogP contribution in [0.4, 0.5) is 11.4 Å². The van der Waals surface area contributed by atoms with Crippen molar-refractivity contribution in [3.8, 4) is 0 Å². The summed E-state index contributed by atoms with van der Waals surface area (Å²) in [5.41, 5.74) is 13.6. The smallest absolute Gasteiger partial charge is 0.196 e. The summed E-state index contributed by atoms with van der Waals surface area (Å²) in [5, 5.41) is 0. The molecule has 5 heteroatoms. The SMILES string of the molecule is Nc1cccc2c1C(=O)c1ccc(C(=O)c3ccccc3)c(N)c1C2=O. The fraction of sp³-hybridized carbons (Fsp3) is 0. The maximum Gasteiger partial charge on any atom is 0.196 e. The number of anilines is 2. The van der Waals surface area contributed by atoms with Gasteiger partial charge in [0.1, 0.15) is 0 Å². The van der Waals surface area contributed by atoms with Gasteiger partial charge in [0.15, 0.2) is 17.3 Å². The summed E-state index contributed by atoms with van der Waals surface area (Å²) in [7, 11) is 0. The lowest BCUT2D eigenvalue weighted by Gasteiger charge is -2.21. The third kappa shape index (κ3) is 2.14. The maximum absolute atomic E-state index is 12.9. The van der Waals surface area contributed by atoms with Crippen LogP contribution < -0.4 is 11.5 Å². The Kier molecular flexibility index (Phi) is 3.44. The van der Waals surface area contributed by atoms with Crippen molar-refractivity contribution in [3.63, 3.8) is 0 Å². The summed E-state index contributed by atoms with van der Waals surface area (Å²) in [6.07, 6.45) is 0. The highest BCUT2D eigenvalue weighted by atomic mass is 16.1. The van der Waals surface area contributed by atoms with Crippen molar-refractivity contribution in [2.24, 2.45) is 0 Å². The fourth-order valence-electron chi connectivity index (χ4n) is 3.28. The van der Waals surface area contributed by atoms with Crippen molar-refractivity contribution in [2.75, 3.05) is 11.5 Å². The van der Waals surface area contributed by atoms with Crippen LogP contribution in [0.5, 0.6) is 0 Å². The highest BCUT2D eigenvalue weighted by Gasteiger charge is 2.34. The number of carbonyl (C=O) groups excluding carboxylic acids is 3. The zero-order chi connectivity index (χ0) is 18.4. The standard InChI is InChI=1S/C21H14N2O3/c22-15-8-4-7-12-16(15)20(25)13-9-10-14(18(23)17(13)21(12)26)19(24)11-5-2-1-3-6-11/h1-10H,22-23H2. The van der Waals surface area contributed by atoms with Gasteiger partial charge < -0.3 is 11.5 Å². The molecule has 3 aromatic carbocycles. The summed E-state index contributed by atoms with van der Waals surface area (Å²) in [5.74, 6) is -1.07. The normalized spacial score (nSPS) is 12.5. The molecule has 0 saturated heterocycles. The van der Waals surface area contributed by atoms with Crippen LogP contribution in [0, 0.1) is 0 Å². The molecule has 1 aliphatic rings. The molecule has 0 unspecified atom stereocenters. The summed E-state index contributed by atoms with van der Waals surface area (Å²) in [6.45, 7) is 0. The third-order valence-corrected chi connectivity index (χ3v) is 4.57. The lowest BCUT2D eigenvalue weighted by atomic mass is 9.81. The predicted molar refractivity (Wildman–Crippen MR) is 98.4 cm³/mol. The van der Waals surface area contributed by atoms with E-state index < -0.39 is 5.78 Å². The van der Waals surface area contributed by atoms with Crippen LogP contribution in [0.25, 0.3) is 0 Å².